The Kier molecular flexibility index (Phi) is 6.31. The number of rotatable bonds is 5. The summed E-state index contributed by atoms with van der Waals surface area (Å²) in [5.41, 5.74) is 0.870. The van der Waals surface area contributed by atoms with Crippen molar-refractivity contribution < 1.29 is 20.1 Å². The Bertz CT molecular complexity index is 578. The summed E-state index contributed by atoms with van der Waals surface area (Å²) in [5, 5.41) is 29.8. The van der Waals surface area contributed by atoms with E-state index < -0.39 is 24.3 Å². The molecule has 1 saturated heterocycles. The third-order valence-electron chi connectivity index (χ3n) is 4.28. The third kappa shape index (κ3) is 4.18. The number of hydrogen-bond donors (Lipinski definition) is 3. The summed E-state index contributed by atoms with van der Waals surface area (Å²) in [5.74, 6) is 6.03. The van der Waals surface area contributed by atoms with Crippen LogP contribution in [0.3, 0.4) is 0 Å². The van der Waals surface area contributed by atoms with Gasteiger partial charge in [-0.15, -0.1) is 0 Å². The fraction of sp³-hybridized carbons (Fsp3) is 0.500. The number of Topliss-reactive ketones (excluding diaryl/α,β-unsaturated/α-hetero) is 1. The zero-order chi connectivity index (χ0) is 16.8. The maximum atomic E-state index is 11.7. The highest BCUT2D eigenvalue weighted by Gasteiger charge is 2.47. The van der Waals surface area contributed by atoms with Crippen LogP contribution in [0.2, 0.25) is 0 Å². The van der Waals surface area contributed by atoms with E-state index in [1.165, 1.54) is 0 Å². The Labute approximate surface area is 136 Å². The number of benzene rings is 1. The predicted molar refractivity (Wildman–Crippen MR) is 86.6 cm³/mol. The largest absolute Gasteiger partial charge is 0.395 e. The summed E-state index contributed by atoms with van der Waals surface area (Å²) in [7, 11) is 0. The molecule has 5 nitrogen and oxygen atoms in total. The lowest BCUT2D eigenvalue weighted by Gasteiger charge is -2.27. The quantitative estimate of drug-likeness (QED) is 0.675. The third-order valence-corrected chi connectivity index (χ3v) is 4.28. The molecule has 1 aliphatic heterocycles. The first-order chi connectivity index (χ1) is 11.1. The summed E-state index contributed by atoms with van der Waals surface area (Å²) in [6.07, 6.45) is -1.60. The van der Waals surface area contributed by atoms with Gasteiger partial charge in [0, 0.05) is 24.4 Å². The average Bonchev–Trinajstić information content (AvgIpc) is 2.80. The zero-order valence-electron chi connectivity index (χ0n) is 13.2. The van der Waals surface area contributed by atoms with Crippen LogP contribution >= 0.6 is 0 Å². The van der Waals surface area contributed by atoms with Crippen molar-refractivity contribution in [2.75, 3.05) is 13.2 Å². The number of carbonyl (C=O) groups excluding carboxylic acids is 1. The lowest BCUT2D eigenvalue weighted by Crippen LogP contribution is -2.42. The molecule has 3 N–H and O–H groups in total. The van der Waals surface area contributed by atoms with Crippen molar-refractivity contribution in [3.05, 3.63) is 35.9 Å². The molecule has 0 spiro atoms. The minimum atomic E-state index is -1.08. The lowest BCUT2D eigenvalue weighted by molar-refractivity contribution is -0.120. The zero-order valence-corrected chi connectivity index (χ0v) is 13.2. The highest BCUT2D eigenvalue weighted by Crippen LogP contribution is 2.27. The minimum Gasteiger partial charge on any atom is -0.395 e. The highest BCUT2D eigenvalue weighted by atomic mass is 16.3. The molecule has 4 atom stereocenters. The number of aliphatic hydroxyl groups excluding tert-OH is 3. The molecule has 0 radical (unpaired) electrons. The number of carbonyl (C=O) groups is 1. The molecular formula is C18H23NO4. The molecule has 0 saturated carbocycles. The Morgan fingerprint density at radius 2 is 1.83 bits per heavy atom. The summed E-state index contributed by atoms with van der Waals surface area (Å²) in [6.45, 7) is 1.75. The van der Waals surface area contributed by atoms with E-state index in [1.807, 2.05) is 30.3 Å². The van der Waals surface area contributed by atoms with Gasteiger partial charge in [0.1, 0.15) is 5.78 Å². The molecule has 5 heteroatoms. The number of nitrogens with zero attached hydrogens (tertiary/aromatic N) is 1. The van der Waals surface area contributed by atoms with Crippen LogP contribution in [0.25, 0.3) is 0 Å². The second-order valence-corrected chi connectivity index (χ2v) is 5.73. The number of aliphatic hydroxyl groups is 3. The van der Waals surface area contributed by atoms with Gasteiger partial charge in [0.2, 0.25) is 0 Å². The van der Waals surface area contributed by atoms with Crippen molar-refractivity contribution in [2.24, 2.45) is 0 Å². The number of likely N-dealkylation sites (tertiary alicyclic amines) is 1. The van der Waals surface area contributed by atoms with Gasteiger partial charge in [0.05, 0.1) is 31.4 Å². The van der Waals surface area contributed by atoms with E-state index in [2.05, 4.69) is 11.8 Å². The molecule has 1 aromatic rings. The second-order valence-electron chi connectivity index (χ2n) is 5.73. The molecule has 1 aromatic carbocycles. The molecular weight excluding hydrogens is 294 g/mol. The van der Waals surface area contributed by atoms with E-state index in [0.29, 0.717) is 6.42 Å². The van der Waals surface area contributed by atoms with Crippen LogP contribution in [0.1, 0.15) is 25.3 Å². The van der Waals surface area contributed by atoms with Crippen LogP contribution in [0.15, 0.2) is 30.3 Å². The van der Waals surface area contributed by atoms with Crippen LogP contribution < -0.4 is 0 Å². The topological polar surface area (TPSA) is 81.0 Å². The maximum Gasteiger partial charge on any atom is 0.134 e. The van der Waals surface area contributed by atoms with Crippen LogP contribution in [0.4, 0.5) is 0 Å². The molecule has 1 aliphatic rings. The Morgan fingerprint density at radius 3 is 2.43 bits per heavy atom. The summed E-state index contributed by atoms with van der Waals surface area (Å²) in [6, 6.07) is 8.36. The number of hydrogen-bond acceptors (Lipinski definition) is 5. The SMILES string of the molecule is CCC(=O)C[C@@H]1[C@@H](O)[C@H](O)[C@@H](CO)N1CC#Cc1ccccc1. The van der Waals surface area contributed by atoms with Crippen molar-refractivity contribution >= 4 is 5.78 Å². The summed E-state index contributed by atoms with van der Waals surface area (Å²) in [4.78, 5) is 13.5. The van der Waals surface area contributed by atoms with E-state index in [1.54, 1.807) is 11.8 Å². The van der Waals surface area contributed by atoms with Crippen molar-refractivity contribution in [3.63, 3.8) is 0 Å². The Balaban J connectivity index is 2.13. The van der Waals surface area contributed by atoms with Gasteiger partial charge in [-0.25, -0.2) is 0 Å². The molecule has 0 unspecified atom stereocenters. The molecule has 0 bridgehead atoms. The van der Waals surface area contributed by atoms with Gasteiger partial charge in [0.15, 0.2) is 0 Å². The van der Waals surface area contributed by atoms with Crippen LogP contribution in [-0.4, -0.2) is 63.4 Å². The van der Waals surface area contributed by atoms with Gasteiger partial charge in [0.25, 0.3) is 0 Å². The monoisotopic (exact) mass is 317 g/mol. The van der Waals surface area contributed by atoms with Crippen molar-refractivity contribution in [2.45, 2.75) is 44.1 Å². The van der Waals surface area contributed by atoms with Gasteiger partial charge in [-0.1, -0.05) is 37.0 Å². The minimum absolute atomic E-state index is 0.0147. The van der Waals surface area contributed by atoms with E-state index in [0.717, 1.165) is 5.56 Å². The molecule has 1 heterocycles. The molecule has 0 amide bonds. The van der Waals surface area contributed by atoms with Gasteiger partial charge in [-0.3, -0.25) is 9.69 Å². The lowest BCUT2D eigenvalue weighted by atomic mass is 10.0. The summed E-state index contributed by atoms with van der Waals surface area (Å²) < 4.78 is 0. The highest BCUT2D eigenvalue weighted by molar-refractivity contribution is 5.78. The summed E-state index contributed by atoms with van der Waals surface area (Å²) >= 11 is 0. The first-order valence-corrected chi connectivity index (χ1v) is 7.86. The maximum absolute atomic E-state index is 11.7. The Morgan fingerprint density at radius 1 is 1.17 bits per heavy atom. The van der Waals surface area contributed by atoms with Crippen LogP contribution in [-0.2, 0) is 4.79 Å². The van der Waals surface area contributed by atoms with E-state index >= 15 is 0 Å². The molecule has 2 rings (SSSR count). The predicted octanol–water partition coefficient (Wildman–Crippen LogP) is 0.174. The smallest absolute Gasteiger partial charge is 0.134 e. The van der Waals surface area contributed by atoms with Gasteiger partial charge in [-0.05, 0) is 12.1 Å². The Hall–Kier alpha value is -1.71. The molecule has 0 aromatic heterocycles. The van der Waals surface area contributed by atoms with Crippen LogP contribution in [0, 0.1) is 11.8 Å². The van der Waals surface area contributed by atoms with Gasteiger partial charge >= 0.3 is 0 Å². The molecule has 0 aliphatic carbocycles. The fourth-order valence-electron chi connectivity index (χ4n) is 2.91. The fourth-order valence-corrected chi connectivity index (χ4v) is 2.91. The standard InChI is InChI=1S/C18H23NO4/c1-2-14(21)11-15-17(22)18(23)16(12-20)19(15)10-6-9-13-7-4-3-5-8-13/h3-5,7-8,15-18,20,22-23H,2,10-12H2,1H3/t15-,16-,17-,18-/m1/s1. The second kappa shape index (κ2) is 8.23. The first kappa shape index (κ1) is 17.6. The van der Waals surface area contributed by atoms with E-state index in [-0.39, 0.29) is 25.4 Å². The first-order valence-electron chi connectivity index (χ1n) is 7.86. The normalized spacial score (nSPS) is 27.5. The van der Waals surface area contributed by atoms with Crippen molar-refractivity contribution in [1.82, 2.24) is 4.90 Å². The van der Waals surface area contributed by atoms with Crippen LogP contribution in [0.5, 0.6) is 0 Å². The molecule has 23 heavy (non-hydrogen) atoms. The van der Waals surface area contributed by atoms with Crippen molar-refractivity contribution in [3.8, 4) is 11.8 Å². The van der Waals surface area contributed by atoms with E-state index in [4.69, 9.17) is 0 Å². The molecule has 1 fully saturated rings. The van der Waals surface area contributed by atoms with Crippen molar-refractivity contribution in [1.29, 1.82) is 0 Å². The molecule has 124 valence electrons. The van der Waals surface area contributed by atoms with Gasteiger partial charge < -0.3 is 15.3 Å². The average molecular weight is 317 g/mol. The number of ketones is 1. The van der Waals surface area contributed by atoms with Gasteiger partial charge in [-0.2, -0.15) is 0 Å². The van der Waals surface area contributed by atoms with E-state index in [9.17, 15) is 20.1 Å².